The summed E-state index contributed by atoms with van der Waals surface area (Å²) < 4.78 is 7.01. The molecule has 4 N–H and O–H groups in total. The zero-order valence-corrected chi connectivity index (χ0v) is 19.2. The number of aliphatic hydroxyl groups is 1. The summed E-state index contributed by atoms with van der Waals surface area (Å²) in [6, 6.07) is 2.18. The molecule has 0 saturated heterocycles. The van der Waals surface area contributed by atoms with Crippen molar-refractivity contribution in [2.75, 3.05) is 32.2 Å². The second-order valence-corrected chi connectivity index (χ2v) is 10.4. The lowest BCUT2D eigenvalue weighted by atomic mass is 9.48. The highest BCUT2D eigenvalue weighted by Crippen LogP contribution is 2.63. The molecule has 10 heteroatoms. The first-order valence-corrected chi connectivity index (χ1v) is 12.1. The summed E-state index contributed by atoms with van der Waals surface area (Å²) in [6.45, 7) is 0.837. The molecule has 3 heterocycles. The molecule has 4 aliphatic carbocycles. The third kappa shape index (κ3) is 3.31. The number of nitrogens with zero attached hydrogens (tertiary/aromatic N) is 3. The summed E-state index contributed by atoms with van der Waals surface area (Å²) in [5.41, 5.74) is 1.74. The van der Waals surface area contributed by atoms with E-state index in [-0.39, 0.29) is 24.6 Å². The van der Waals surface area contributed by atoms with E-state index in [9.17, 15) is 14.7 Å². The van der Waals surface area contributed by atoms with Gasteiger partial charge in [-0.1, -0.05) is 0 Å². The maximum absolute atomic E-state index is 12.6. The maximum Gasteiger partial charge on any atom is 0.314 e. The number of aromatic amines is 1. The van der Waals surface area contributed by atoms with Crippen LogP contribution in [0.2, 0.25) is 0 Å². The van der Waals surface area contributed by atoms with Crippen LogP contribution in [0.25, 0.3) is 21.9 Å². The Labute approximate surface area is 196 Å². The number of hydrogen-bond acceptors (Lipinski definition) is 6. The molecule has 2 unspecified atom stereocenters. The minimum atomic E-state index is -0.763. The lowest BCUT2D eigenvalue weighted by Crippen LogP contribution is -2.53. The number of carbonyl (C=O) groups excluding carboxylic acids is 2. The monoisotopic (exact) mass is 466 g/mol. The summed E-state index contributed by atoms with van der Waals surface area (Å²) in [7, 11) is 1.53. The number of fused-ring (bicyclic) bond motifs is 3. The van der Waals surface area contributed by atoms with Gasteiger partial charge in [0.25, 0.3) is 0 Å². The predicted octanol–water partition coefficient (Wildman–Crippen LogP) is 1.97. The minimum Gasteiger partial charge on any atom is -0.396 e. The van der Waals surface area contributed by atoms with Gasteiger partial charge in [-0.25, -0.2) is 4.98 Å². The molecule has 7 rings (SSSR count). The van der Waals surface area contributed by atoms with Gasteiger partial charge in [0.05, 0.1) is 23.6 Å². The van der Waals surface area contributed by atoms with E-state index in [1.165, 1.54) is 7.11 Å². The van der Waals surface area contributed by atoms with Crippen LogP contribution < -0.4 is 10.6 Å². The average Bonchev–Trinajstić information content (AvgIpc) is 3.43. The minimum absolute atomic E-state index is 0.0538. The normalized spacial score (nSPS) is 29.7. The van der Waals surface area contributed by atoms with Crippen LogP contribution in [0.15, 0.2) is 18.5 Å². The molecule has 10 nitrogen and oxygen atoms in total. The van der Waals surface area contributed by atoms with Crippen molar-refractivity contribution in [2.24, 2.45) is 23.2 Å². The van der Waals surface area contributed by atoms with Gasteiger partial charge >= 0.3 is 11.8 Å². The van der Waals surface area contributed by atoms with Crippen LogP contribution >= 0.6 is 0 Å². The number of aromatic nitrogens is 4. The average molecular weight is 467 g/mol. The molecule has 3 aromatic rings. The number of rotatable bonds is 6. The summed E-state index contributed by atoms with van der Waals surface area (Å²) >= 11 is 0. The van der Waals surface area contributed by atoms with Crippen LogP contribution in [-0.4, -0.2) is 63.5 Å². The number of nitrogens with one attached hydrogen (secondary N) is 3. The van der Waals surface area contributed by atoms with E-state index >= 15 is 0 Å². The van der Waals surface area contributed by atoms with Crippen LogP contribution in [0.3, 0.4) is 0 Å². The fraction of sp³-hybridized carbons (Fsp3) is 0.583. The van der Waals surface area contributed by atoms with Crippen molar-refractivity contribution in [1.82, 2.24) is 25.1 Å². The topological polar surface area (TPSA) is 134 Å². The Balaban J connectivity index is 1.39. The molecule has 4 aliphatic rings. The molecular weight excluding hydrogens is 436 g/mol. The van der Waals surface area contributed by atoms with E-state index < -0.39 is 11.8 Å². The summed E-state index contributed by atoms with van der Waals surface area (Å²) in [4.78, 5) is 32.5. The molecule has 3 aromatic heterocycles. The van der Waals surface area contributed by atoms with Gasteiger partial charge in [-0.3, -0.25) is 14.3 Å². The van der Waals surface area contributed by atoms with E-state index in [1.807, 2.05) is 12.3 Å². The van der Waals surface area contributed by atoms with E-state index in [2.05, 4.69) is 25.3 Å². The molecule has 2 atom stereocenters. The van der Waals surface area contributed by atoms with Gasteiger partial charge in [-0.05, 0) is 61.3 Å². The van der Waals surface area contributed by atoms with E-state index in [0.29, 0.717) is 30.2 Å². The van der Waals surface area contributed by atoms with Crippen molar-refractivity contribution in [3.8, 4) is 0 Å². The lowest BCUT2D eigenvalue weighted by Gasteiger charge is -2.59. The Morgan fingerprint density at radius 2 is 2.03 bits per heavy atom. The molecule has 34 heavy (non-hydrogen) atoms. The molecule has 0 spiro atoms. The van der Waals surface area contributed by atoms with Gasteiger partial charge in [0.1, 0.15) is 5.65 Å². The Morgan fingerprint density at radius 3 is 2.76 bits per heavy atom. The summed E-state index contributed by atoms with van der Waals surface area (Å²) in [6.07, 6.45) is 9.01. The molecule has 180 valence electrons. The number of carbonyl (C=O) groups is 2. The highest BCUT2D eigenvalue weighted by Gasteiger charge is 2.56. The number of H-pyrrole nitrogens is 1. The second kappa shape index (κ2) is 8.06. The standard InChI is InChI=1S/C24H30N6O4/c1-34-5-4-26-22(32)23(33)28-21-17-11-27-20-16(2-3-25-20)19(17)30(29-21)18-14-6-13-7-15(18)10-24(8-13,9-14)12-31/h2-3,11,13-15,18,31H,4-10,12H2,1H3,(H,25,27)(H,26,32)(H,28,29,33). The first kappa shape index (κ1) is 21.5. The number of ether oxygens (including phenoxy) is 1. The Hall–Kier alpha value is -2.98. The molecule has 0 aliphatic heterocycles. The fourth-order valence-electron chi connectivity index (χ4n) is 7.20. The summed E-state index contributed by atoms with van der Waals surface area (Å²) in [5.74, 6) is 0.403. The van der Waals surface area contributed by atoms with Crippen molar-refractivity contribution in [3.63, 3.8) is 0 Å². The fourth-order valence-corrected chi connectivity index (χ4v) is 7.20. The molecule has 0 aromatic carbocycles. The number of amides is 2. The lowest BCUT2D eigenvalue weighted by molar-refractivity contribution is -0.136. The highest BCUT2D eigenvalue weighted by atomic mass is 16.5. The van der Waals surface area contributed by atoms with Crippen LogP contribution in [0, 0.1) is 23.2 Å². The first-order chi connectivity index (χ1) is 16.5. The summed E-state index contributed by atoms with van der Waals surface area (Å²) in [5, 5.41) is 22.0. The van der Waals surface area contributed by atoms with Gasteiger partial charge in [-0.2, -0.15) is 5.10 Å². The van der Waals surface area contributed by atoms with Gasteiger partial charge in [0, 0.05) is 38.0 Å². The Morgan fingerprint density at radius 1 is 1.24 bits per heavy atom. The van der Waals surface area contributed by atoms with Crippen molar-refractivity contribution in [2.45, 2.75) is 38.1 Å². The number of hydrogen-bond donors (Lipinski definition) is 4. The van der Waals surface area contributed by atoms with Crippen LogP contribution in [0.4, 0.5) is 5.82 Å². The second-order valence-electron chi connectivity index (χ2n) is 10.4. The van der Waals surface area contributed by atoms with E-state index in [1.54, 1.807) is 6.20 Å². The smallest absolute Gasteiger partial charge is 0.314 e. The van der Waals surface area contributed by atoms with Gasteiger partial charge in [0.15, 0.2) is 5.82 Å². The van der Waals surface area contributed by atoms with Crippen molar-refractivity contribution in [1.29, 1.82) is 0 Å². The highest BCUT2D eigenvalue weighted by molar-refractivity contribution is 6.40. The van der Waals surface area contributed by atoms with E-state index in [4.69, 9.17) is 9.84 Å². The molecule has 4 bridgehead atoms. The number of anilines is 1. The Bertz CT molecular complexity index is 1250. The van der Waals surface area contributed by atoms with Gasteiger partial charge in [-0.15, -0.1) is 0 Å². The molecule has 4 fully saturated rings. The number of methoxy groups -OCH3 is 1. The molecule has 2 amide bonds. The molecule has 4 saturated carbocycles. The quantitative estimate of drug-likeness (QED) is 0.324. The van der Waals surface area contributed by atoms with Crippen molar-refractivity contribution >= 4 is 39.6 Å². The third-order valence-corrected chi connectivity index (χ3v) is 8.25. The first-order valence-electron chi connectivity index (χ1n) is 12.1. The number of pyridine rings is 1. The maximum atomic E-state index is 12.6. The van der Waals surface area contributed by atoms with Crippen molar-refractivity contribution in [3.05, 3.63) is 18.5 Å². The van der Waals surface area contributed by atoms with E-state index in [0.717, 1.165) is 54.0 Å². The van der Waals surface area contributed by atoms with Gasteiger partial charge < -0.3 is 25.5 Å². The van der Waals surface area contributed by atoms with Gasteiger partial charge in [0.2, 0.25) is 0 Å². The zero-order chi connectivity index (χ0) is 23.4. The molecular formula is C24H30N6O4. The Kier molecular flexibility index (Phi) is 5.11. The predicted molar refractivity (Wildman–Crippen MR) is 125 cm³/mol. The van der Waals surface area contributed by atoms with Crippen LogP contribution in [0.1, 0.15) is 38.1 Å². The third-order valence-electron chi connectivity index (χ3n) is 8.25. The SMILES string of the molecule is COCCNC(=O)C(=O)Nc1nn(C2C3CC4CC2CC(CO)(C4)C3)c2c1cnc1[nH]ccc12. The zero-order valence-electron chi connectivity index (χ0n) is 19.2. The van der Waals surface area contributed by atoms with Crippen molar-refractivity contribution < 1.29 is 19.4 Å². The molecule has 0 radical (unpaired) electrons. The largest absolute Gasteiger partial charge is 0.396 e. The van der Waals surface area contributed by atoms with Crippen LogP contribution in [-0.2, 0) is 14.3 Å². The van der Waals surface area contributed by atoms with Crippen LogP contribution in [0.5, 0.6) is 0 Å². The number of aliphatic hydroxyl groups excluding tert-OH is 1.